The summed E-state index contributed by atoms with van der Waals surface area (Å²) in [7, 11) is 0. The lowest BCUT2D eigenvalue weighted by Gasteiger charge is -2.28. The van der Waals surface area contributed by atoms with Gasteiger partial charge in [0.05, 0.1) is 6.10 Å². The normalized spacial score (nSPS) is 19.3. The predicted octanol–water partition coefficient (Wildman–Crippen LogP) is 1.93. The van der Waals surface area contributed by atoms with E-state index in [-0.39, 0.29) is 11.9 Å². The van der Waals surface area contributed by atoms with Gasteiger partial charge in [-0.2, -0.15) is 0 Å². The molecule has 6 heteroatoms. The van der Waals surface area contributed by atoms with Crippen molar-refractivity contribution in [1.29, 1.82) is 0 Å². The summed E-state index contributed by atoms with van der Waals surface area (Å²) in [5, 5.41) is 11.8. The van der Waals surface area contributed by atoms with Gasteiger partial charge in [0.1, 0.15) is 5.82 Å². The largest absolute Gasteiger partial charge is 0.409 e. The van der Waals surface area contributed by atoms with Gasteiger partial charge in [-0.15, -0.1) is 0 Å². The van der Waals surface area contributed by atoms with E-state index in [1.807, 2.05) is 6.92 Å². The molecule has 2 rings (SSSR count). The lowest BCUT2D eigenvalue weighted by Crippen LogP contribution is -2.33. The van der Waals surface area contributed by atoms with E-state index >= 15 is 0 Å². The first-order chi connectivity index (χ1) is 9.65. The summed E-state index contributed by atoms with van der Waals surface area (Å²) in [6.07, 6.45) is 2.27. The average molecular weight is 281 g/mol. The third-order valence-corrected chi connectivity index (χ3v) is 3.51. The minimum absolute atomic E-state index is 0.0923. The zero-order valence-corrected chi connectivity index (χ0v) is 11.6. The molecule has 0 spiro atoms. The molecule has 5 nitrogen and oxygen atoms in total. The molecule has 1 aromatic carbocycles. The Balaban J connectivity index is 2.28. The van der Waals surface area contributed by atoms with Crippen molar-refractivity contribution in [2.24, 2.45) is 10.9 Å². The van der Waals surface area contributed by atoms with E-state index in [1.165, 1.54) is 12.1 Å². The van der Waals surface area contributed by atoms with Crippen molar-refractivity contribution in [2.75, 3.05) is 24.6 Å². The second-order valence-corrected chi connectivity index (χ2v) is 4.82. The Morgan fingerprint density at radius 2 is 2.40 bits per heavy atom. The Kier molecular flexibility index (Phi) is 4.79. The number of amidine groups is 1. The number of anilines is 1. The van der Waals surface area contributed by atoms with Gasteiger partial charge in [0.15, 0.2) is 5.84 Å². The number of hydrogen-bond acceptors (Lipinski definition) is 4. The van der Waals surface area contributed by atoms with E-state index in [9.17, 15) is 4.39 Å². The molecule has 1 fully saturated rings. The fourth-order valence-corrected chi connectivity index (χ4v) is 2.47. The van der Waals surface area contributed by atoms with Crippen LogP contribution in [0.4, 0.5) is 10.1 Å². The van der Waals surface area contributed by atoms with Crippen LogP contribution in [0.3, 0.4) is 0 Å². The van der Waals surface area contributed by atoms with Crippen LogP contribution in [-0.2, 0) is 4.74 Å². The second-order valence-electron chi connectivity index (χ2n) is 4.82. The number of nitrogens with two attached hydrogens (primary N) is 1. The Bertz CT molecular complexity index is 487. The summed E-state index contributed by atoms with van der Waals surface area (Å²) in [5.74, 6) is -0.506. The highest BCUT2D eigenvalue weighted by Crippen LogP contribution is 2.24. The Labute approximate surface area is 117 Å². The van der Waals surface area contributed by atoms with Crippen molar-refractivity contribution in [3.8, 4) is 0 Å². The molecule has 1 saturated heterocycles. The maximum absolute atomic E-state index is 13.4. The Morgan fingerprint density at radius 1 is 1.60 bits per heavy atom. The summed E-state index contributed by atoms with van der Waals surface area (Å²) in [6, 6.07) is 4.31. The van der Waals surface area contributed by atoms with Crippen LogP contribution in [0.5, 0.6) is 0 Å². The van der Waals surface area contributed by atoms with Crippen LogP contribution in [-0.4, -0.2) is 36.8 Å². The summed E-state index contributed by atoms with van der Waals surface area (Å²) in [4.78, 5) is 2.06. The SMILES string of the molecule is CCN(CC1CCCO1)c1ccc(F)cc1C(N)=NO. The first kappa shape index (κ1) is 14.6. The molecule has 0 saturated carbocycles. The van der Waals surface area contributed by atoms with E-state index in [0.717, 1.165) is 31.7 Å². The smallest absolute Gasteiger partial charge is 0.172 e. The molecular weight excluding hydrogens is 261 g/mol. The molecule has 1 heterocycles. The third kappa shape index (κ3) is 3.19. The molecule has 0 amide bonds. The van der Waals surface area contributed by atoms with Gasteiger partial charge in [0, 0.05) is 30.9 Å². The number of benzene rings is 1. The molecule has 3 N–H and O–H groups in total. The van der Waals surface area contributed by atoms with E-state index in [2.05, 4.69) is 10.1 Å². The molecule has 0 aliphatic carbocycles. The van der Waals surface area contributed by atoms with E-state index in [0.29, 0.717) is 12.1 Å². The lowest BCUT2D eigenvalue weighted by molar-refractivity contribution is 0.115. The highest BCUT2D eigenvalue weighted by molar-refractivity contribution is 6.02. The number of nitrogens with zero attached hydrogens (tertiary/aromatic N) is 2. The molecule has 1 atom stereocenters. The maximum Gasteiger partial charge on any atom is 0.172 e. The minimum atomic E-state index is -0.413. The van der Waals surface area contributed by atoms with Gasteiger partial charge >= 0.3 is 0 Å². The minimum Gasteiger partial charge on any atom is -0.409 e. The van der Waals surface area contributed by atoms with Crippen LogP contribution >= 0.6 is 0 Å². The lowest BCUT2D eigenvalue weighted by atomic mass is 10.1. The van der Waals surface area contributed by atoms with Gasteiger partial charge in [-0.25, -0.2) is 4.39 Å². The van der Waals surface area contributed by atoms with Gasteiger partial charge in [-0.05, 0) is 38.0 Å². The van der Waals surface area contributed by atoms with Crippen LogP contribution in [0, 0.1) is 5.82 Å². The molecule has 0 aromatic heterocycles. The zero-order chi connectivity index (χ0) is 14.5. The Hall–Kier alpha value is -1.82. The molecule has 110 valence electrons. The first-order valence-corrected chi connectivity index (χ1v) is 6.79. The highest BCUT2D eigenvalue weighted by Gasteiger charge is 2.21. The van der Waals surface area contributed by atoms with Gasteiger partial charge < -0.3 is 20.6 Å². The van der Waals surface area contributed by atoms with Crippen molar-refractivity contribution in [3.05, 3.63) is 29.6 Å². The van der Waals surface area contributed by atoms with Crippen LogP contribution in [0.15, 0.2) is 23.4 Å². The van der Waals surface area contributed by atoms with Gasteiger partial charge in [0.2, 0.25) is 0 Å². The highest BCUT2D eigenvalue weighted by atomic mass is 19.1. The van der Waals surface area contributed by atoms with Crippen LogP contribution in [0.1, 0.15) is 25.3 Å². The summed E-state index contributed by atoms with van der Waals surface area (Å²) >= 11 is 0. The van der Waals surface area contributed by atoms with Crippen LogP contribution in [0.2, 0.25) is 0 Å². The molecule has 1 unspecified atom stereocenters. The molecule has 1 aliphatic rings. The quantitative estimate of drug-likeness (QED) is 0.374. The van der Waals surface area contributed by atoms with Gasteiger partial charge in [-0.1, -0.05) is 5.16 Å². The maximum atomic E-state index is 13.4. The van der Waals surface area contributed by atoms with Crippen LogP contribution < -0.4 is 10.6 Å². The monoisotopic (exact) mass is 281 g/mol. The fourth-order valence-electron chi connectivity index (χ4n) is 2.47. The van der Waals surface area contributed by atoms with Crippen molar-refractivity contribution in [1.82, 2.24) is 0 Å². The molecule has 1 aromatic rings. The number of rotatable bonds is 5. The van der Waals surface area contributed by atoms with Crippen molar-refractivity contribution >= 4 is 11.5 Å². The summed E-state index contributed by atoms with van der Waals surface area (Å²) < 4.78 is 19.0. The van der Waals surface area contributed by atoms with Crippen molar-refractivity contribution in [2.45, 2.75) is 25.9 Å². The first-order valence-electron chi connectivity index (χ1n) is 6.79. The number of likely N-dealkylation sites (N-methyl/N-ethyl adjacent to an activating group) is 1. The topological polar surface area (TPSA) is 71.1 Å². The average Bonchev–Trinajstić information content (AvgIpc) is 2.97. The van der Waals surface area contributed by atoms with Gasteiger partial charge in [-0.3, -0.25) is 0 Å². The Morgan fingerprint density at radius 3 is 3.00 bits per heavy atom. The fraction of sp³-hybridized carbons (Fsp3) is 0.500. The molecule has 1 aliphatic heterocycles. The van der Waals surface area contributed by atoms with Crippen LogP contribution in [0.25, 0.3) is 0 Å². The van der Waals surface area contributed by atoms with E-state index in [1.54, 1.807) is 6.07 Å². The number of halogens is 1. The molecule has 0 bridgehead atoms. The predicted molar refractivity (Wildman–Crippen MR) is 75.8 cm³/mol. The van der Waals surface area contributed by atoms with Gasteiger partial charge in [0.25, 0.3) is 0 Å². The van der Waals surface area contributed by atoms with E-state index < -0.39 is 5.82 Å². The number of ether oxygens (including phenoxy) is 1. The molecule has 20 heavy (non-hydrogen) atoms. The molecule has 0 radical (unpaired) electrons. The summed E-state index contributed by atoms with van der Waals surface area (Å²) in [5.41, 5.74) is 6.79. The standard InChI is InChI=1S/C14H20FN3O2/c1-2-18(9-11-4-3-7-20-11)13-6-5-10(15)8-12(13)14(16)17-19/h5-6,8,11,19H,2-4,7,9H2,1H3,(H2,16,17). The number of oxime groups is 1. The second kappa shape index (κ2) is 6.56. The zero-order valence-electron chi connectivity index (χ0n) is 11.6. The van der Waals surface area contributed by atoms with Crippen molar-refractivity contribution < 1.29 is 14.3 Å². The third-order valence-electron chi connectivity index (χ3n) is 3.51. The van der Waals surface area contributed by atoms with E-state index in [4.69, 9.17) is 15.7 Å². The number of hydrogen-bond donors (Lipinski definition) is 2. The van der Waals surface area contributed by atoms with Crippen molar-refractivity contribution in [3.63, 3.8) is 0 Å². The summed E-state index contributed by atoms with van der Waals surface area (Å²) in [6.45, 7) is 4.25. The molecular formula is C14H20FN3O2.